The van der Waals surface area contributed by atoms with Gasteiger partial charge < -0.3 is 9.29 Å². The SMILES string of the molecule is CN(C)S(=O)(=O)Oc1ccc(CO)cc1Cl. The Labute approximate surface area is 99.5 Å². The fraction of sp³-hybridized carbons (Fsp3) is 0.333. The lowest BCUT2D eigenvalue weighted by molar-refractivity contribution is 0.282. The highest BCUT2D eigenvalue weighted by molar-refractivity contribution is 7.84. The molecule has 0 aliphatic heterocycles. The molecule has 1 aromatic carbocycles. The molecule has 0 aromatic heterocycles. The molecule has 1 rings (SSSR count). The highest BCUT2D eigenvalue weighted by atomic mass is 35.5. The Hall–Kier alpha value is -0.820. The van der Waals surface area contributed by atoms with E-state index in [0.717, 1.165) is 4.31 Å². The van der Waals surface area contributed by atoms with Gasteiger partial charge in [0.25, 0.3) is 0 Å². The summed E-state index contributed by atoms with van der Waals surface area (Å²) < 4.78 is 28.5. The summed E-state index contributed by atoms with van der Waals surface area (Å²) >= 11 is 5.80. The molecule has 5 nitrogen and oxygen atoms in total. The average molecular weight is 266 g/mol. The third kappa shape index (κ3) is 3.08. The smallest absolute Gasteiger partial charge is 0.384 e. The molecule has 1 N–H and O–H groups in total. The zero-order valence-corrected chi connectivity index (χ0v) is 10.4. The van der Waals surface area contributed by atoms with Gasteiger partial charge in [0.2, 0.25) is 0 Å². The van der Waals surface area contributed by atoms with Crippen molar-refractivity contribution in [2.45, 2.75) is 6.61 Å². The quantitative estimate of drug-likeness (QED) is 0.883. The second-order valence-corrected chi connectivity index (χ2v) is 5.41. The highest BCUT2D eigenvalue weighted by Gasteiger charge is 2.17. The molecule has 0 spiro atoms. The van der Waals surface area contributed by atoms with Gasteiger partial charge in [-0.15, -0.1) is 0 Å². The Balaban J connectivity index is 2.99. The van der Waals surface area contributed by atoms with Crippen LogP contribution >= 0.6 is 11.6 Å². The number of nitrogens with zero attached hydrogens (tertiary/aromatic N) is 1. The number of hydrogen-bond donors (Lipinski definition) is 1. The van der Waals surface area contributed by atoms with Crippen LogP contribution in [0.15, 0.2) is 18.2 Å². The number of aliphatic hydroxyl groups excluding tert-OH is 1. The van der Waals surface area contributed by atoms with E-state index in [2.05, 4.69) is 0 Å². The lowest BCUT2D eigenvalue weighted by atomic mass is 10.2. The fourth-order valence-corrected chi connectivity index (χ4v) is 1.71. The summed E-state index contributed by atoms with van der Waals surface area (Å²) in [7, 11) is -1.10. The van der Waals surface area contributed by atoms with Crippen LogP contribution in [0.25, 0.3) is 0 Å². The van der Waals surface area contributed by atoms with E-state index in [0.29, 0.717) is 5.56 Å². The Bertz CT molecular complexity index is 472. The second-order valence-electron chi connectivity index (χ2n) is 3.25. The molecule has 90 valence electrons. The van der Waals surface area contributed by atoms with Gasteiger partial charge >= 0.3 is 10.3 Å². The van der Waals surface area contributed by atoms with Gasteiger partial charge in [0.15, 0.2) is 5.75 Å². The van der Waals surface area contributed by atoms with Gasteiger partial charge in [0.1, 0.15) is 0 Å². The summed E-state index contributed by atoms with van der Waals surface area (Å²) in [6.07, 6.45) is 0. The average Bonchev–Trinajstić information content (AvgIpc) is 2.20. The topological polar surface area (TPSA) is 66.8 Å². The predicted octanol–water partition coefficient (Wildman–Crippen LogP) is 1.02. The molecule has 0 atom stereocenters. The van der Waals surface area contributed by atoms with Crippen molar-refractivity contribution in [3.05, 3.63) is 28.8 Å². The van der Waals surface area contributed by atoms with Crippen molar-refractivity contribution in [1.82, 2.24) is 4.31 Å². The van der Waals surface area contributed by atoms with Crippen molar-refractivity contribution in [3.63, 3.8) is 0 Å². The first-order chi connectivity index (χ1) is 7.36. The fourth-order valence-electron chi connectivity index (χ4n) is 0.898. The van der Waals surface area contributed by atoms with E-state index in [9.17, 15) is 8.42 Å². The van der Waals surface area contributed by atoms with E-state index in [1.54, 1.807) is 0 Å². The summed E-state index contributed by atoms with van der Waals surface area (Å²) in [5.41, 5.74) is 0.583. The first kappa shape index (κ1) is 13.2. The van der Waals surface area contributed by atoms with Crippen LogP contribution in [-0.4, -0.2) is 31.9 Å². The van der Waals surface area contributed by atoms with Crippen molar-refractivity contribution in [1.29, 1.82) is 0 Å². The molecule has 0 fully saturated rings. The molecule has 0 aliphatic rings. The Kier molecular flexibility index (Phi) is 4.15. The first-order valence-electron chi connectivity index (χ1n) is 4.38. The van der Waals surface area contributed by atoms with Gasteiger partial charge in [-0.2, -0.15) is 12.7 Å². The monoisotopic (exact) mass is 265 g/mol. The third-order valence-corrected chi connectivity index (χ3v) is 3.40. The number of benzene rings is 1. The summed E-state index contributed by atoms with van der Waals surface area (Å²) in [5, 5.41) is 8.98. The Morgan fingerprint density at radius 1 is 1.44 bits per heavy atom. The van der Waals surface area contributed by atoms with Crippen LogP contribution in [0.3, 0.4) is 0 Å². The van der Waals surface area contributed by atoms with Crippen LogP contribution < -0.4 is 4.18 Å². The van der Waals surface area contributed by atoms with Crippen molar-refractivity contribution in [2.75, 3.05) is 14.1 Å². The molecule has 0 saturated carbocycles. The lowest BCUT2D eigenvalue weighted by Crippen LogP contribution is -2.27. The van der Waals surface area contributed by atoms with Gasteiger partial charge in [0.05, 0.1) is 11.6 Å². The second kappa shape index (κ2) is 5.01. The molecule has 0 heterocycles. The number of rotatable bonds is 4. The predicted molar refractivity (Wildman–Crippen MR) is 60.6 cm³/mol. The number of hydrogen-bond acceptors (Lipinski definition) is 4. The minimum absolute atomic E-state index is 0.0348. The molecule has 0 aliphatic carbocycles. The standard InChI is InChI=1S/C9H12ClNO4S/c1-11(2)16(13,14)15-9-4-3-7(6-12)5-8(9)10/h3-5,12H,6H2,1-2H3. The van der Waals surface area contributed by atoms with E-state index in [-0.39, 0.29) is 17.4 Å². The maximum absolute atomic E-state index is 11.4. The van der Waals surface area contributed by atoms with E-state index >= 15 is 0 Å². The van der Waals surface area contributed by atoms with Crippen LogP contribution in [0.5, 0.6) is 5.75 Å². The van der Waals surface area contributed by atoms with Gasteiger partial charge in [-0.25, -0.2) is 0 Å². The van der Waals surface area contributed by atoms with E-state index in [4.69, 9.17) is 20.9 Å². The molecular formula is C9H12ClNO4S. The minimum atomic E-state index is -3.81. The molecule has 0 radical (unpaired) electrons. The number of halogens is 1. The third-order valence-electron chi connectivity index (χ3n) is 1.82. The summed E-state index contributed by atoms with van der Waals surface area (Å²) in [6.45, 7) is -0.166. The van der Waals surface area contributed by atoms with Crippen LogP contribution in [-0.2, 0) is 16.9 Å². The first-order valence-corrected chi connectivity index (χ1v) is 6.12. The molecule has 1 aromatic rings. The molecule has 16 heavy (non-hydrogen) atoms. The maximum Gasteiger partial charge on any atom is 0.384 e. The van der Waals surface area contributed by atoms with E-state index < -0.39 is 10.3 Å². The van der Waals surface area contributed by atoms with Gasteiger partial charge in [0, 0.05) is 14.1 Å². The summed E-state index contributed by atoms with van der Waals surface area (Å²) in [5.74, 6) is 0.0348. The van der Waals surface area contributed by atoms with Gasteiger partial charge in [-0.3, -0.25) is 0 Å². The highest BCUT2D eigenvalue weighted by Crippen LogP contribution is 2.27. The van der Waals surface area contributed by atoms with Crippen LogP contribution in [0.4, 0.5) is 0 Å². The van der Waals surface area contributed by atoms with Crippen LogP contribution in [0, 0.1) is 0 Å². The van der Waals surface area contributed by atoms with Crippen molar-refractivity contribution < 1.29 is 17.7 Å². The zero-order valence-electron chi connectivity index (χ0n) is 8.84. The zero-order chi connectivity index (χ0) is 12.3. The summed E-state index contributed by atoms with van der Waals surface area (Å²) in [4.78, 5) is 0. The van der Waals surface area contributed by atoms with Crippen LogP contribution in [0.2, 0.25) is 5.02 Å². The Morgan fingerprint density at radius 2 is 2.06 bits per heavy atom. The van der Waals surface area contributed by atoms with Crippen molar-refractivity contribution in [2.24, 2.45) is 0 Å². The van der Waals surface area contributed by atoms with Crippen molar-refractivity contribution >= 4 is 21.9 Å². The minimum Gasteiger partial charge on any atom is -0.392 e. The summed E-state index contributed by atoms with van der Waals surface area (Å²) in [6, 6.07) is 4.38. The maximum atomic E-state index is 11.4. The Morgan fingerprint density at radius 3 is 2.50 bits per heavy atom. The molecule has 0 amide bonds. The normalized spacial score (nSPS) is 11.8. The molecule has 0 saturated heterocycles. The van der Waals surface area contributed by atoms with Gasteiger partial charge in [-0.05, 0) is 17.7 Å². The van der Waals surface area contributed by atoms with E-state index in [1.807, 2.05) is 0 Å². The van der Waals surface area contributed by atoms with Gasteiger partial charge in [-0.1, -0.05) is 17.7 Å². The molecule has 0 bridgehead atoms. The lowest BCUT2D eigenvalue weighted by Gasteiger charge is -2.13. The van der Waals surface area contributed by atoms with Crippen LogP contribution in [0.1, 0.15) is 5.56 Å². The molecule has 7 heteroatoms. The van der Waals surface area contributed by atoms with Crippen molar-refractivity contribution in [3.8, 4) is 5.75 Å². The molecule has 0 unspecified atom stereocenters. The van der Waals surface area contributed by atoms with E-state index in [1.165, 1.54) is 32.3 Å². The largest absolute Gasteiger partial charge is 0.392 e. The number of aliphatic hydroxyl groups is 1. The molecular weight excluding hydrogens is 254 g/mol.